The first-order chi connectivity index (χ1) is 18.9. The van der Waals surface area contributed by atoms with Crippen LogP contribution in [-0.2, 0) is 32.1 Å². The van der Waals surface area contributed by atoms with Crippen LogP contribution >= 0.6 is 0 Å². The maximum atomic E-state index is 14.8. The summed E-state index contributed by atoms with van der Waals surface area (Å²) in [4.78, 5) is 26.0. The lowest BCUT2D eigenvalue weighted by Crippen LogP contribution is -2.34. The van der Waals surface area contributed by atoms with Crippen LogP contribution in [0.2, 0.25) is 0 Å². The van der Waals surface area contributed by atoms with Gasteiger partial charge in [-0.2, -0.15) is 0 Å². The zero-order chi connectivity index (χ0) is 29.8. The summed E-state index contributed by atoms with van der Waals surface area (Å²) in [6.45, 7) is 10.9. The van der Waals surface area contributed by atoms with Crippen LogP contribution in [0.1, 0.15) is 47.1 Å². The Bertz CT molecular complexity index is 1570. The molecule has 216 valence electrons. The lowest BCUT2D eigenvalue weighted by atomic mass is 10.1. The van der Waals surface area contributed by atoms with E-state index in [2.05, 4.69) is 15.0 Å². The highest BCUT2D eigenvalue weighted by molar-refractivity contribution is 7.85. The number of anilines is 1. The lowest BCUT2D eigenvalue weighted by molar-refractivity contribution is 0.0589. The maximum Gasteiger partial charge on any atom is 0.414 e. The highest BCUT2D eigenvalue weighted by Gasteiger charge is 2.26. The standard InChI is InChI=1S/C26H29FN4O5S2.C2H6/c1-7-37(33)23-20-18-12-16(27)13-19(31(5)25(32)36-26(2,3)4)21(18)28-22(20)29-24(30-23)38(34)14-15-8-10-17(35-6)11-9-15;1-2/h8-13H,7,14H2,1-6H3,(H,28,29,30);1-2H3. The molecule has 0 saturated heterocycles. The number of hydrogen-bond acceptors (Lipinski definition) is 7. The van der Waals surface area contributed by atoms with E-state index in [9.17, 15) is 17.6 Å². The van der Waals surface area contributed by atoms with E-state index in [1.54, 1.807) is 59.1 Å². The number of rotatable bonds is 7. The molecule has 0 aliphatic carbocycles. The second-order valence-corrected chi connectivity index (χ2v) is 12.5. The number of fused-ring (bicyclic) bond motifs is 3. The number of amides is 1. The molecule has 2 aromatic carbocycles. The van der Waals surface area contributed by atoms with Crippen molar-refractivity contribution in [3.05, 3.63) is 47.8 Å². The zero-order valence-corrected chi connectivity index (χ0v) is 25.6. The van der Waals surface area contributed by atoms with Crippen molar-refractivity contribution in [2.45, 2.75) is 63.1 Å². The average molecular weight is 591 g/mol. The van der Waals surface area contributed by atoms with Crippen molar-refractivity contribution in [2.75, 3.05) is 24.8 Å². The summed E-state index contributed by atoms with van der Waals surface area (Å²) in [7, 11) is -0.200. The van der Waals surface area contributed by atoms with Gasteiger partial charge in [-0.05, 0) is 50.6 Å². The van der Waals surface area contributed by atoms with E-state index in [0.29, 0.717) is 22.0 Å². The minimum absolute atomic E-state index is 0.000747. The molecule has 1 N–H and O–H groups in total. The Labute approximate surface area is 238 Å². The van der Waals surface area contributed by atoms with Crippen LogP contribution in [0.25, 0.3) is 21.9 Å². The number of H-pyrrole nitrogens is 1. The first-order valence-corrected chi connectivity index (χ1v) is 15.4. The number of carbonyl (C=O) groups excluding carboxylic acids is 1. The first-order valence-electron chi connectivity index (χ1n) is 12.8. The molecular formula is C28H35FN4O5S2. The second-order valence-electron chi connectivity index (χ2n) is 9.52. The Balaban J connectivity index is 0.00000216. The molecule has 0 saturated carbocycles. The van der Waals surface area contributed by atoms with Crippen molar-refractivity contribution < 1.29 is 27.1 Å². The van der Waals surface area contributed by atoms with Gasteiger partial charge in [0.25, 0.3) is 0 Å². The van der Waals surface area contributed by atoms with E-state index >= 15 is 0 Å². The Morgan fingerprint density at radius 3 is 2.30 bits per heavy atom. The van der Waals surface area contributed by atoms with E-state index in [-0.39, 0.29) is 33.0 Å². The number of aromatic amines is 1. The molecule has 2 aromatic heterocycles. The number of hydrogen-bond donors (Lipinski definition) is 1. The topological polar surface area (TPSA) is 114 Å². The van der Waals surface area contributed by atoms with Crippen LogP contribution in [0.3, 0.4) is 0 Å². The van der Waals surface area contributed by atoms with Crippen LogP contribution in [0.5, 0.6) is 5.75 Å². The largest absolute Gasteiger partial charge is 0.497 e. The Morgan fingerprint density at radius 2 is 1.73 bits per heavy atom. The Hall–Kier alpha value is -3.38. The van der Waals surface area contributed by atoms with Crippen molar-refractivity contribution >= 4 is 55.3 Å². The molecule has 0 aliphatic rings. The number of nitrogens with one attached hydrogen (secondary N) is 1. The molecule has 9 nitrogen and oxygen atoms in total. The van der Waals surface area contributed by atoms with Gasteiger partial charge in [-0.1, -0.05) is 32.9 Å². The normalized spacial score (nSPS) is 12.9. The SMILES string of the molecule is CC.CCS(=O)c1nc(S(=O)Cc2ccc(OC)cc2)nc2[nH]c3c(N(C)C(=O)OC(C)(C)C)cc(F)cc3c12. The molecule has 2 atom stereocenters. The monoisotopic (exact) mass is 590 g/mol. The first kappa shape index (κ1) is 31.2. The fourth-order valence-electron chi connectivity index (χ4n) is 3.83. The third kappa shape index (κ3) is 6.84. The molecule has 0 bridgehead atoms. The van der Waals surface area contributed by atoms with E-state index in [0.717, 1.165) is 5.56 Å². The fourth-order valence-corrected chi connectivity index (χ4v) is 5.79. The summed E-state index contributed by atoms with van der Waals surface area (Å²) in [6, 6.07) is 9.60. The molecule has 4 aromatic rings. The van der Waals surface area contributed by atoms with E-state index in [1.165, 1.54) is 24.1 Å². The molecule has 0 spiro atoms. The fraction of sp³-hybridized carbons (Fsp3) is 0.393. The summed E-state index contributed by atoms with van der Waals surface area (Å²) < 4.78 is 51.7. The molecule has 40 heavy (non-hydrogen) atoms. The number of benzene rings is 2. The minimum atomic E-state index is -1.66. The van der Waals surface area contributed by atoms with Gasteiger partial charge in [0, 0.05) is 18.2 Å². The van der Waals surface area contributed by atoms with E-state index < -0.39 is 39.1 Å². The van der Waals surface area contributed by atoms with Crippen molar-refractivity contribution in [2.24, 2.45) is 0 Å². The van der Waals surface area contributed by atoms with Gasteiger partial charge in [0.15, 0.2) is 0 Å². The number of ether oxygens (including phenoxy) is 2. The number of carbonyl (C=O) groups is 1. The molecule has 12 heteroatoms. The molecule has 0 aliphatic heterocycles. The van der Waals surface area contributed by atoms with Gasteiger partial charge in [0.1, 0.15) is 27.8 Å². The zero-order valence-electron chi connectivity index (χ0n) is 24.0. The molecule has 2 unspecified atom stereocenters. The van der Waals surface area contributed by atoms with E-state index in [1.807, 2.05) is 13.8 Å². The highest BCUT2D eigenvalue weighted by Crippen LogP contribution is 2.36. The summed E-state index contributed by atoms with van der Waals surface area (Å²) in [5.74, 6) is 0.442. The van der Waals surface area contributed by atoms with E-state index in [4.69, 9.17) is 9.47 Å². The summed E-state index contributed by atoms with van der Waals surface area (Å²) in [5, 5.41) is 0.857. The number of aromatic nitrogens is 3. The van der Waals surface area contributed by atoms with Gasteiger partial charge >= 0.3 is 6.09 Å². The molecule has 0 radical (unpaired) electrons. The van der Waals surface area contributed by atoms with Gasteiger partial charge in [-0.25, -0.2) is 19.2 Å². The van der Waals surface area contributed by atoms with Gasteiger partial charge in [-0.15, -0.1) is 0 Å². The average Bonchev–Trinajstić information content (AvgIpc) is 3.30. The van der Waals surface area contributed by atoms with Crippen LogP contribution in [0.4, 0.5) is 14.9 Å². The van der Waals surface area contributed by atoms with Crippen LogP contribution in [-0.4, -0.2) is 55.0 Å². The van der Waals surface area contributed by atoms with Gasteiger partial charge in [0.2, 0.25) is 5.16 Å². The minimum Gasteiger partial charge on any atom is -0.497 e. The molecule has 4 rings (SSSR count). The smallest absolute Gasteiger partial charge is 0.414 e. The van der Waals surface area contributed by atoms with Crippen molar-refractivity contribution in [3.63, 3.8) is 0 Å². The van der Waals surface area contributed by atoms with Crippen LogP contribution in [0, 0.1) is 5.82 Å². The summed E-state index contributed by atoms with van der Waals surface area (Å²) >= 11 is 0. The Kier molecular flexibility index (Phi) is 10.0. The van der Waals surface area contributed by atoms with Crippen LogP contribution in [0.15, 0.2) is 46.6 Å². The van der Waals surface area contributed by atoms with Crippen molar-refractivity contribution in [3.8, 4) is 5.75 Å². The molecule has 0 fully saturated rings. The summed E-state index contributed by atoms with van der Waals surface area (Å²) in [6.07, 6.45) is -0.673. The number of halogens is 1. The van der Waals surface area contributed by atoms with Crippen LogP contribution < -0.4 is 9.64 Å². The molecular weight excluding hydrogens is 555 g/mol. The second kappa shape index (κ2) is 12.9. The summed E-state index contributed by atoms with van der Waals surface area (Å²) in [5.41, 5.74) is 0.871. The van der Waals surface area contributed by atoms with Gasteiger partial charge in [0.05, 0.1) is 51.1 Å². The van der Waals surface area contributed by atoms with Crippen molar-refractivity contribution in [1.82, 2.24) is 15.0 Å². The third-order valence-electron chi connectivity index (χ3n) is 5.62. The predicted molar refractivity (Wildman–Crippen MR) is 157 cm³/mol. The lowest BCUT2D eigenvalue weighted by Gasteiger charge is -2.25. The maximum absolute atomic E-state index is 14.8. The predicted octanol–water partition coefficient (Wildman–Crippen LogP) is 6.09. The molecule has 1 amide bonds. The number of methoxy groups -OCH3 is 1. The molecule has 2 heterocycles. The highest BCUT2D eigenvalue weighted by atomic mass is 32.2. The van der Waals surface area contributed by atoms with Gasteiger partial charge in [-0.3, -0.25) is 13.3 Å². The van der Waals surface area contributed by atoms with Crippen molar-refractivity contribution in [1.29, 1.82) is 0 Å². The number of nitrogens with zero attached hydrogens (tertiary/aromatic N) is 3. The quantitative estimate of drug-likeness (QED) is 0.205. The Morgan fingerprint density at radius 1 is 1.07 bits per heavy atom. The van der Waals surface area contributed by atoms with Gasteiger partial charge < -0.3 is 14.5 Å². The third-order valence-corrected chi connectivity index (χ3v) is 8.05.